The van der Waals surface area contributed by atoms with E-state index in [2.05, 4.69) is 12.0 Å². The van der Waals surface area contributed by atoms with Crippen LogP contribution in [0.25, 0.3) is 0 Å². The molecule has 27 heavy (non-hydrogen) atoms. The number of carbonyl (C=O) groups excluding carboxylic acids is 1. The van der Waals surface area contributed by atoms with Gasteiger partial charge in [-0.25, -0.2) is 19.8 Å². The highest BCUT2D eigenvalue weighted by Gasteiger charge is 2.38. The Morgan fingerprint density at radius 3 is 2.70 bits per heavy atom. The van der Waals surface area contributed by atoms with E-state index in [0.29, 0.717) is 38.8 Å². The number of benzene rings is 1. The van der Waals surface area contributed by atoms with Gasteiger partial charge in [0.15, 0.2) is 5.03 Å². The second kappa shape index (κ2) is 8.34. The molecule has 2 aliphatic heterocycles. The predicted octanol–water partition coefficient (Wildman–Crippen LogP) is 2.08. The van der Waals surface area contributed by atoms with Gasteiger partial charge >= 0.3 is 6.09 Å². The van der Waals surface area contributed by atoms with Gasteiger partial charge in [-0.1, -0.05) is 36.8 Å². The van der Waals surface area contributed by atoms with Crippen LogP contribution in [-0.2, 0) is 16.1 Å². The zero-order valence-electron chi connectivity index (χ0n) is 15.5. The Morgan fingerprint density at radius 2 is 2.07 bits per heavy atom. The maximum Gasteiger partial charge on any atom is 0.417 e. The number of rotatable bonds is 5. The van der Waals surface area contributed by atoms with Gasteiger partial charge in [0.1, 0.15) is 11.7 Å². The van der Waals surface area contributed by atoms with E-state index in [4.69, 9.17) is 9.47 Å². The molecule has 0 spiro atoms. The number of nitro groups is 1. The second-order valence-corrected chi connectivity index (χ2v) is 7.05. The molecule has 9 heteroatoms. The van der Waals surface area contributed by atoms with Gasteiger partial charge in [0.25, 0.3) is 5.96 Å². The average molecular weight is 376 g/mol. The third-order valence-electron chi connectivity index (χ3n) is 4.96. The Hall–Kier alpha value is -2.68. The third-order valence-corrected chi connectivity index (χ3v) is 4.96. The van der Waals surface area contributed by atoms with E-state index < -0.39 is 11.1 Å². The maximum atomic E-state index is 12.5. The standard InChI is InChI=1S/C18H24N4O5/c1-13-3-5-15(6-4-13)11-27-18(23)21-8-7-20(17(21)19-22(24)25)9-16-12-26-10-14(16)2/h3-6,14,16H,7-12H2,1-2H3. The number of aryl methyl sites for hydroxylation is 1. The summed E-state index contributed by atoms with van der Waals surface area (Å²) in [7, 11) is 0. The van der Waals surface area contributed by atoms with Gasteiger partial charge in [-0.2, -0.15) is 0 Å². The molecule has 2 unspecified atom stereocenters. The Balaban J connectivity index is 1.65. The molecule has 9 nitrogen and oxygen atoms in total. The molecular formula is C18H24N4O5. The minimum absolute atomic E-state index is 0.0352. The van der Waals surface area contributed by atoms with E-state index in [1.165, 1.54) is 4.90 Å². The lowest BCUT2D eigenvalue weighted by molar-refractivity contribution is -0.486. The van der Waals surface area contributed by atoms with Crippen LogP contribution in [-0.4, -0.2) is 59.7 Å². The van der Waals surface area contributed by atoms with Crippen molar-refractivity contribution in [3.05, 3.63) is 45.5 Å². The summed E-state index contributed by atoms with van der Waals surface area (Å²) in [4.78, 5) is 26.4. The SMILES string of the molecule is Cc1ccc(COC(=O)N2CCN(CC3COCC3C)C2=N[N+](=O)[O-])cc1. The molecular weight excluding hydrogens is 352 g/mol. The summed E-state index contributed by atoms with van der Waals surface area (Å²) in [6.07, 6.45) is -0.630. The number of hydrogen-bond acceptors (Lipinski definition) is 5. The van der Waals surface area contributed by atoms with Gasteiger partial charge in [0, 0.05) is 25.6 Å². The molecule has 0 aromatic heterocycles. The molecule has 2 aliphatic rings. The van der Waals surface area contributed by atoms with Crippen molar-refractivity contribution in [2.75, 3.05) is 32.8 Å². The monoisotopic (exact) mass is 376 g/mol. The molecule has 2 atom stereocenters. The van der Waals surface area contributed by atoms with Crippen molar-refractivity contribution in [2.24, 2.45) is 16.9 Å². The molecule has 2 heterocycles. The van der Waals surface area contributed by atoms with Gasteiger partial charge in [-0.3, -0.25) is 0 Å². The van der Waals surface area contributed by atoms with Crippen LogP contribution in [0.4, 0.5) is 4.79 Å². The minimum atomic E-state index is -0.775. The number of nitrogens with zero attached hydrogens (tertiary/aromatic N) is 4. The number of amides is 1. The van der Waals surface area contributed by atoms with Crippen LogP contribution < -0.4 is 0 Å². The quantitative estimate of drug-likeness (QED) is 0.576. The molecule has 0 radical (unpaired) electrons. The van der Waals surface area contributed by atoms with Crippen molar-refractivity contribution >= 4 is 12.1 Å². The van der Waals surface area contributed by atoms with E-state index in [0.717, 1.165) is 11.1 Å². The molecule has 0 bridgehead atoms. The fourth-order valence-electron chi connectivity index (χ4n) is 3.26. The first kappa shape index (κ1) is 19.1. The van der Waals surface area contributed by atoms with Crippen molar-refractivity contribution in [1.82, 2.24) is 9.80 Å². The van der Waals surface area contributed by atoms with Crippen molar-refractivity contribution in [1.29, 1.82) is 0 Å². The zero-order chi connectivity index (χ0) is 19.4. The fraction of sp³-hybridized carbons (Fsp3) is 0.556. The summed E-state index contributed by atoms with van der Waals surface area (Å²) in [5, 5.41) is 13.6. The van der Waals surface area contributed by atoms with Gasteiger partial charge < -0.3 is 14.4 Å². The van der Waals surface area contributed by atoms with Crippen molar-refractivity contribution in [2.45, 2.75) is 20.5 Å². The summed E-state index contributed by atoms with van der Waals surface area (Å²) in [6, 6.07) is 7.63. The van der Waals surface area contributed by atoms with E-state index >= 15 is 0 Å². The highest BCUT2D eigenvalue weighted by molar-refractivity contribution is 5.95. The Morgan fingerprint density at radius 1 is 1.33 bits per heavy atom. The van der Waals surface area contributed by atoms with E-state index in [1.54, 1.807) is 4.90 Å². The Labute approximate surface area is 157 Å². The Bertz CT molecular complexity index is 721. The highest BCUT2D eigenvalue weighted by Crippen LogP contribution is 2.23. The van der Waals surface area contributed by atoms with Crippen molar-refractivity contribution < 1.29 is 19.3 Å². The van der Waals surface area contributed by atoms with Gasteiger partial charge in [0.05, 0.1) is 13.2 Å². The lowest BCUT2D eigenvalue weighted by atomic mass is 9.98. The van der Waals surface area contributed by atoms with Gasteiger partial charge in [0.2, 0.25) is 0 Å². The Kier molecular flexibility index (Phi) is 5.90. The largest absolute Gasteiger partial charge is 0.444 e. The minimum Gasteiger partial charge on any atom is -0.444 e. The van der Waals surface area contributed by atoms with E-state index in [-0.39, 0.29) is 18.5 Å². The number of ether oxygens (including phenoxy) is 2. The molecule has 0 aliphatic carbocycles. The predicted molar refractivity (Wildman–Crippen MR) is 97.5 cm³/mol. The molecule has 1 amide bonds. The van der Waals surface area contributed by atoms with Gasteiger partial charge in [-0.15, -0.1) is 0 Å². The van der Waals surface area contributed by atoms with E-state index in [1.807, 2.05) is 31.2 Å². The molecule has 1 aromatic carbocycles. The third kappa shape index (κ3) is 4.73. The average Bonchev–Trinajstić information content (AvgIpc) is 3.21. The first-order chi connectivity index (χ1) is 12.9. The lowest BCUT2D eigenvalue weighted by Crippen LogP contribution is -2.41. The molecule has 0 saturated carbocycles. The maximum absolute atomic E-state index is 12.5. The first-order valence-corrected chi connectivity index (χ1v) is 8.99. The van der Waals surface area contributed by atoms with Crippen molar-refractivity contribution in [3.63, 3.8) is 0 Å². The van der Waals surface area contributed by atoms with Crippen molar-refractivity contribution in [3.8, 4) is 0 Å². The highest BCUT2D eigenvalue weighted by atomic mass is 16.7. The van der Waals surface area contributed by atoms with Crippen LogP contribution in [0.1, 0.15) is 18.1 Å². The van der Waals surface area contributed by atoms with Crippen LogP contribution in [0.15, 0.2) is 29.4 Å². The van der Waals surface area contributed by atoms with Crippen LogP contribution in [0, 0.1) is 28.9 Å². The number of guanidine groups is 1. The topological polar surface area (TPSA) is 97.5 Å². The summed E-state index contributed by atoms with van der Waals surface area (Å²) in [6.45, 7) is 6.82. The van der Waals surface area contributed by atoms with Crippen LogP contribution in [0.5, 0.6) is 0 Å². The zero-order valence-corrected chi connectivity index (χ0v) is 15.5. The molecule has 146 valence electrons. The molecule has 0 N–H and O–H groups in total. The number of hydrogen-bond donors (Lipinski definition) is 0. The number of carbonyl (C=O) groups is 1. The van der Waals surface area contributed by atoms with Crippen LogP contribution in [0.3, 0.4) is 0 Å². The second-order valence-electron chi connectivity index (χ2n) is 7.05. The molecule has 2 fully saturated rings. The van der Waals surface area contributed by atoms with Crippen LogP contribution in [0.2, 0.25) is 0 Å². The summed E-state index contributed by atoms with van der Waals surface area (Å²) < 4.78 is 10.8. The first-order valence-electron chi connectivity index (χ1n) is 8.99. The molecule has 3 rings (SSSR count). The summed E-state index contributed by atoms with van der Waals surface area (Å²) >= 11 is 0. The van der Waals surface area contributed by atoms with Gasteiger partial charge in [-0.05, 0) is 18.4 Å². The molecule has 2 saturated heterocycles. The molecule has 1 aromatic rings. The fourth-order valence-corrected chi connectivity index (χ4v) is 3.26. The summed E-state index contributed by atoms with van der Waals surface area (Å²) in [5.74, 6) is 0.655. The smallest absolute Gasteiger partial charge is 0.417 e. The lowest BCUT2D eigenvalue weighted by Gasteiger charge is -2.23. The summed E-state index contributed by atoms with van der Waals surface area (Å²) in [5.41, 5.74) is 1.97. The number of hydrazone groups is 1. The van der Waals surface area contributed by atoms with Crippen LogP contribution >= 0.6 is 0 Å². The van der Waals surface area contributed by atoms with E-state index in [9.17, 15) is 14.9 Å². The normalized spacial score (nSPS) is 23.9.